The molecule has 1 unspecified atom stereocenters. The number of hydrogen-bond acceptors (Lipinski definition) is 2. The maximum absolute atomic E-state index is 10.2. The predicted molar refractivity (Wildman–Crippen MR) is 53.6 cm³/mol. The summed E-state index contributed by atoms with van der Waals surface area (Å²) in [6, 6.07) is 0. The SMILES string of the molecule is CC1(C(O)C2CNC2)CCCCC1. The Morgan fingerprint density at radius 3 is 2.31 bits per heavy atom. The maximum Gasteiger partial charge on any atom is 0.0646 e. The molecule has 13 heavy (non-hydrogen) atoms. The van der Waals surface area contributed by atoms with Crippen molar-refractivity contribution < 1.29 is 5.11 Å². The molecule has 2 rings (SSSR count). The predicted octanol–water partition coefficient (Wildman–Crippen LogP) is 1.54. The van der Waals surface area contributed by atoms with Crippen molar-refractivity contribution in [3.8, 4) is 0 Å². The molecule has 0 aromatic heterocycles. The number of aliphatic hydroxyl groups is 1. The van der Waals surface area contributed by atoms with Crippen LogP contribution in [0.5, 0.6) is 0 Å². The van der Waals surface area contributed by atoms with Crippen LogP contribution < -0.4 is 5.32 Å². The van der Waals surface area contributed by atoms with Gasteiger partial charge >= 0.3 is 0 Å². The quantitative estimate of drug-likeness (QED) is 0.680. The lowest BCUT2D eigenvalue weighted by atomic mass is 9.67. The van der Waals surface area contributed by atoms with E-state index in [1.807, 2.05) is 0 Å². The van der Waals surface area contributed by atoms with Gasteiger partial charge in [0.25, 0.3) is 0 Å². The molecule has 2 N–H and O–H groups in total. The Hall–Kier alpha value is -0.0800. The molecule has 0 radical (unpaired) electrons. The third-order valence-electron chi connectivity index (χ3n) is 3.97. The zero-order chi connectivity index (χ0) is 9.31. The summed E-state index contributed by atoms with van der Waals surface area (Å²) < 4.78 is 0. The Labute approximate surface area is 80.7 Å². The van der Waals surface area contributed by atoms with E-state index in [0.29, 0.717) is 5.92 Å². The highest BCUT2D eigenvalue weighted by atomic mass is 16.3. The first kappa shape index (κ1) is 9.47. The Morgan fingerprint density at radius 1 is 1.23 bits per heavy atom. The fraction of sp³-hybridized carbons (Fsp3) is 1.00. The molecule has 0 aromatic rings. The van der Waals surface area contributed by atoms with Gasteiger partial charge in [-0.3, -0.25) is 0 Å². The van der Waals surface area contributed by atoms with Crippen LogP contribution in [0.3, 0.4) is 0 Å². The molecule has 1 saturated heterocycles. The molecule has 0 bridgehead atoms. The second kappa shape index (κ2) is 3.58. The van der Waals surface area contributed by atoms with Crippen LogP contribution in [-0.2, 0) is 0 Å². The molecule has 1 atom stereocenters. The molecule has 1 saturated carbocycles. The fourth-order valence-electron chi connectivity index (χ4n) is 2.76. The van der Waals surface area contributed by atoms with E-state index in [0.717, 1.165) is 13.1 Å². The van der Waals surface area contributed by atoms with E-state index in [2.05, 4.69) is 12.2 Å². The molecule has 0 aromatic carbocycles. The topological polar surface area (TPSA) is 32.3 Å². The Balaban J connectivity index is 1.94. The van der Waals surface area contributed by atoms with E-state index in [1.54, 1.807) is 0 Å². The van der Waals surface area contributed by atoms with Gasteiger partial charge in [0.1, 0.15) is 0 Å². The maximum atomic E-state index is 10.2. The van der Waals surface area contributed by atoms with Gasteiger partial charge in [0, 0.05) is 19.0 Å². The lowest BCUT2D eigenvalue weighted by molar-refractivity contribution is -0.0453. The highest BCUT2D eigenvalue weighted by Gasteiger charge is 2.40. The van der Waals surface area contributed by atoms with Crippen LogP contribution in [0.2, 0.25) is 0 Å². The minimum absolute atomic E-state index is 0.0611. The summed E-state index contributed by atoms with van der Waals surface area (Å²) in [7, 11) is 0. The van der Waals surface area contributed by atoms with E-state index in [9.17, 15) is 5.11 Å². The summed E-state index contributed by atoms with van der Waals surface area (Å²) in [5, 5.41) is 13.5. The highest BCUT2D eigenvalue weighted by molar-refractivity contribution is 4.93. The van der Waals surface area contributed by atoms with Gasteiger partial charge in [-0.25, -0.2) is 0 Å². The molecule has 2 fully saturated rings. The third kappa shape index (κ3) is 1.75. The summed E-state index contributed by atoms with van der Waals surface area (Å²) in [6.45, 7) is 4.32. The van der Waals surface area contributed by atoms with Crippen molar-refractivity contribution in [3.63, 3.8) is 0 Å². The lowest BCUT2D eigenvalue weighted by Crippen LogP contribution is -2.54. The van der Waals surface area contributed by atoms with Crippen LogP contribution in [0.1, 0.15) is 39.0 Å². The Bertz CT molecular complexity index is 171. The largest absolute Gasteiger partial charge is 0.392 e. The summed E-state index contributed by atoms with van der Waals surface area (Å²) >= 11 is 0. The van der Waals surface area contributed by atoms with Crippen molar-refractivity contribution in [2.75, 3.05) is 13.1 Å². The van der Waals surface area contributed by atoms with Gasteiger partial charge in [0.05, 0.1) is 6.10 Å². The van der Waals surface area contributed by atoms with Crippen LogP contribution in [0.25, 0.3) is 0 Å². The average Bonchev–Trinajstić information content (AvgIpc) is 2.02. The zero-order valence-electron chi connectivity index (χ0n) is 8.55. The summed E-state index contributed by atoms with van der Waals surface area (Å²) in [4.78, 5) is 0. The van der Waals surface area contributed by atoms with Crippen molar-refractivity contribution in [2.45, 2.75) is 45.1 Å². The van der Waals surface area contributed by atoms with Gasteiger partial charge in [0.15, 0.2) is 0 Å². The van der Waals surface area contributed by atoms with Gasteiger partial charge in [-0.05, 0) is 18.3 Å². The molecule has 2 heteroatoms. The molecule has 0 amide bonds. The third-order valence-corrected chi connectivity index (χ3v) is 3.97. The Morgan fingerprint density at radius 2 is 1.85 bits per heavy atom. The van der Waals surface area contributed by atoms with Crippen LogP contribution >= 0.6 is 0 Å². The van der Waals surface area contributed by atoms with Gasteiger partial charge < -0.3 is 10.4 Å². The average molecular weight is 183 g/mol. The van der Waals surface area contributed by atoms with Gasteiger partial charge in [-0.1, -0.05) is 26.2 Å². The van der Waals surface area contributed by atoms with Crippen LogP contribution in [-0.4, -0.2) is 24.3 Å². The molecule has 2 nitrogen and oxygen atoms in total. The minimum Gasteiger partial charge on any atom is -0.392 e. The summed E-state index contributed by atoms with van der Waals surface area (Å²) in [5.74, 6) is 0.531. The van der Waals surface area contributed by atoms with E-state index in [-0.39, 0.29) is 11.5 Å². The van der Waals surface area contributed by atoms with Gasteiger partial charge in [-0.15, -0.1) is 0 Å². The fourth-order valence-corrected chi connectivity index (χ4v) is 2.76. The summed E-state index contributed by atoms with van der Waals surface area (Å²) in [6.07, 6.45) is 6.39. The first-order chi connectivity index (χ1) is 6.22. The normalized spacial score (nSPS) is 30.9. The molecule has 1 heterocycles. The first-order valence-electron chi connectivity index (χ1n) is 5.61. The first-order valence-corrected chi connectivity index (χ1v) is 5.61. The standard InChI is InChI=1S/C11H21NO/c1-11(5-3-2-4-6-11)10(13)9-7-12-8-9/h9-10,12-13H,2-8H2,1H3. The molecule has 2 aliphatic rings. The number of nitrogens with one attached hydrogen (secondary N) is 1. The van der Waals surface area contributed by atoms with E-state index in [1.165, 1.54) is 32.1 Å². The molecule has 1 aliphatic carbocycles. The van der Waals surface area contributed by atoms with Crippen molar-refractivity contribution in [1.29, 1.82) is 0 Å². The van der Waals surface area contributed by atoms with Crippen molar-refractivity contribution in [1.82, 2.24) is 5.32 Å². The monoisotopic (exact) mass is 183 g/mol. The van der Waals surface area contributed by atoms with Gasteiger partial charge in [0.2, 0.25) is 0 Å². The molecular formula is C11H21NO. The Kier molecular flexibility index (Phi) is 2.61. The van der Waals surface area contributed by atoms with E-state index >= 15 is 0 Å². The van der Waals surface area contributed by atoms with Crippen LogP contribution in [0, 0.1) is 11.3 Å². The van der Waals surface area contributed by atoms with E-state index < -0.39 is 0 Å². The molecular weight excluding hydrogens is 162 g/mol. The van der Waals surface area contributed by atoms with Crippen molar-refractivity contribution in [2.24, 2.45) is 11.3 Å². The smallest absolute Gasteiger partial charge is 0.0646 e. The number of hydrogen-bond donors (Lipinski definition) is 2. The second-order valence-corrected chi connectivity index (χ2v) is 5.08. The van der Waals surface area contributed by atoms with Crippen molar-refractivity contribution in [3.05, 3.63) is 0 Å². The molecule has 0 spiro atoms. The number of aliphatic hydroxyl groups excluding tert-OH is 1. The lowest BCUT2D eigenvalue weighted by Gasteiger charge is -2.44. The van der Waals surface area contributed by atoms with Crippen LogP contribution in [0.4, 0.5) is 0 Å². The van der Waals surface area contributed by atoms with Crippen LogP contribution in [0.15, 0.2) is 0 Å². The second-order valence-electron chi connectivity index (χ2n) is 5.08. The molecule has 1 aliphatic heterocycles. The van der Waals surface area contributed by atoms with Gasteiger partial charge in [-0.2, -0.15) is 0 Å². The zero-order valence-corrected chi connectivity index (χ0v) is 8.55. The number of rotatable bonds is 2. The molecule has 76 valence electrons. The summed E-state index contributed by atoms with van der Waals surface area (Å²) in [5.41, 5.74) is 0.227. The minimum atomic E-state index is -0.0611. The van der Waals surface area contributed by atoms with Crippen molar-refractivity contribution >= 4 is 0 Å². The van der Waals surface area contributed by atoms with E-state index in [4.69, 9.17) is 0 Å². The highest BCUT2D eigenvalue weighted by Crippen LogP contribution is 2.41.